The van der Waals surface area contributed by atoms with Crippen LogP contribution in [0.1, 0.15) is 63.0 Å². The second-order valence-electron chi connectivity index (χ2n) is 11.6. The maximum atomic E-state index is 13.5. The summed E-state index contributed by atoms with van der Waals surface area (Å²) in [5.41, 5.74) is 0.977. The fourth-order valence-corrected chi connectivity index (χ4v) is 7.04. The Morgan fingerprint density at radius 3 is 2.60 bits per heavy atom. The number of ether oxygens (including phenoxy) is 1. The van der Waals surface area contributed by atoms with Crippen molar-refractivity contribution in [3.05, 3.63) is 35.2 Å². The molecule has 3 amide bonds. The molecule has 2 aromatic rings. The molecule has 0 bridgehead atoms. The Balaban J connectivity index is 1.61. The number of nitrogens with zero attached hydrogens (tertiary/aromatic N) is 3. The third-order valence-corrected chi connectivity index (χ3v) is 9.76. The molecule has 0 saturated heterocycles. The number of sulfonamides is 1. The first-order valence-corrected chi connectivity index (χ1v) is 16.0. The van der Waals surface area contributed by atoms with E-state index in [4.69, 9.17) is 9.26 Å². The van der Waals surface area contributed by atoms with Crippen molar-refractivity contribution in [2.75, 3.05) is 31.5 Å². The molecule has 232 valence electrons. The number of benzene rings is 1. The highest BCUT2D eigenvalue weighted by Gasteiger charge is 2.33. The van der Waals surface area contributed by atoms with E-state index in [0.717, 1.165) is 25.7 Å². The highest BCUT2D eigenvalue weighted by Crippen LogP contribution is 2.31. The van der Waals surface area contributed by atoms with Gasteiger partial charge in [0, 0.05) is 36.8 Å². The van der Waals surface area contributed by atoms with Gasteiger partial charge < -0.3 is 29.5 Å². The fourth-order valence-electron chi connectivity index (χ4n) is 5.66. The second-order valence-corrected chi connectivity index (χ2v) is 13.3. The molecule has 1 saturated carbocycles. The van der Waals surface area contributed by atoms with Gasteiger partial charge in [0.25, 0.3) is 10.0 Å². The van der Waals surface area contributed by atoms with E-state index in [1.807, 2.05) is 6.92 Å². The zero-order chi connectivity index (χ0) is 30.6. The van der Waals surface area contributed by atoms with Crippen LogP contribution < -0.4 is 14.8 Å². The standard InChI is InChI=1S/C29H43N5O7S/c1-18-15-34(19(2)17-35)27(36)14-22-13-24(32-42(38,39)28-20(3)31-41-21(28)4)11-12-25(22)40-26(18)16-33(5)29(37)30-23-9-7-6-8-10-23/h11-13,18-19,23,26,32,35H,6-10,14-17H2,1-5H3,(H,30,37)/t18-,19-,26+/m1/s1. The molecule has 42 heavy (non-hydrogen) atoms. The number of nitrogens with one attached hydrogen (secondary N) is 2. The predicted molar refractivity (Wildman–Crippen MR) is 157 cm³/mol. The van der Waals surface area contributed by atoms with Crippen molar-refractivity contribution < 1.29 is 32.4 Å². The van der Waals surface area contributed by atoms with Crippen molar-refractivity contribution in [1.29, 1.82) is 0 Å². The molecule has 1 aromatic heterocycles. The van der Waals surface area contributed by atoms with Crippen LogP contribution in [-0.2, 0) is 21.2 Å². The second kappa shape index (κ2) is 13.3. The van der Waals surface area contributed by atoms with E-state index in [9.17, 15) is 23.1 Å². The van der Waals surface area contributed by atoms with E-state index < -0.39 is 22.2 Å². The van der Waals surface area contributed by atoms with Gasteiger partial charge in [-0.1, -0.05) is 31.3 Å². The number of rotatable bonds is 8. The third kappa shape index (κ3) is 7.35. The van der Waals surface area contributed by atoms with Crippen LogP contribution in [0.4, 0.5) is 10.5 Å². The van der Waals surface area contributed by atoms with E-state index in [1.54, 1.807) is 48.9 Å². The summed E-state index contributed by atoms with van der Waals surface area (Å²) in [5.74, 6) is 0.197. The Morgan fingerprint density at radius 2 is 1.95 bits per heavy atom. The quantitative estimate of drug-likeness (QED) is 0.415. The highest BCUT2D eigenvalue weighted by molar-refractivity contribution is 7.92. The third-order valence-electron chi connectivity index (χ3n) is 8.14. The van der Waals surface area contributed by atoms with Crippen molar-refractivity contribution >= 4 is 27.6 Å². The molecule has 1 aromatic carbocycles. The van der Waals surface area contributed by atoms with Crippen LogP contribution in [0.3, 0.4) is 0 Å². The van der Waals surface area contributed by atoms with Crippen molar-refractivity contribution in [3.63, 3.8) is 0 Å². The highest BCUT2D eigenvalue weighted by atomic mass is 32.2. The van der Waals surface area contributed by atoms with Crippen LogP contribution in [0.15, 0.2) is 27.6 Å². The molecule has 0 radical (unpaired) electrons. The van der Waals surface area contributed by atoms with Gasteiger partial charge in [-0.05, 0) is 51.8 Å². The number of urea groups is 1. The normalized spacial score (nSPS) is 20.9. The summed E-state index contributed by atoms with van der Waals surface area (Å²) in [6, 6.07) is 4.36. The van der Waals surface area contributed by atoms with Crippen molar-refractivity contribution in [2.45, 2.75) is 89.3 Å². The number of amides is 3. The Labute approximate surface area is 247 Å². The van der Waals surface area contributed by atoms with Gasteiger partial charge in [0.1, 0.15) is 17.5 Å². The number of fused-ring (bicyclic) bond motifs is 1. The van der Waals surface area contributed by atoms with Gasteiger partial charge in [0.2, 0.25) is 5.91 Å². The summed E-state index contributed by atoms with van der Waals surface area (Å²) in [5, 5.41) is 16.8. The summed E-state index contributed by atoms with van der Waals surface area (Å²) in [6.07, 6.45) is 4.82. The van der Waals surface area contributed by atoms with Crippen molar-refractivity contribution in [1.82, 2.24) is 20.3 Å². The zero-order valence-corrected chi connectivity index (χ0v) is 25.9. The average molecular weight is 606 g/mol. The summed E-state index contributed by atoms with van der Waals surface area (Å²) >= 11 is 0. The number of likely N-dealkylation sites (N-methyl/N-ethyl adjacent to an activating group) is 1. The first-order chi connectivity index (χ1) is 19.9. The lowest BCUT2D eigenvalue weighted by atomic mass is 9.96. The zero-order valence-electron chi connectivity index (χ0n) is 25.1. The largest absolute Gasteiger partial charge is 0.488 e. The van der Waals surface area contributed by atoms with Crippen LogP contribution in [-0.4, -0.2) is 85.4 Å². The van der Waals surface area contributed by atoms with Gasteiger partial charge in [0.05, 0.1) is 25.6 Å². The molecule has 1 aliphatic carbocycles. The minimum atomic E-state index is -4.01. The van der Waals surface area contributed by atoms with E-state index in [0.29, 0.717) is 17.9 Å². The number of anilines is 1. The van der Waals surface area contributed by atoms with E-state index >= 15 is 0 Å². The molecule has 0 unspecified atom stereocenters. The molecule has 12 nitrogen and oxygen atoms in total. The minimum absolute atomic E-state index is 0.0373. The molecule has 4 rings (SSSR count). The SMILES string of the molecule is Cc1noc(C)c1S(=O)(=O)Nc1ccc2c(c1)CC(=O)N([C@H](C)CO)C[C@@H](C)[C@H](CN(C)C(=O)NC1CCCCC1)O2. The number of aryl methyl sites for hydroxylation is 2. The van der Waals surface area contributed by atoms with E-state index in [1.165, 1.54) is 13.3 Å². The van der Waals surface area contributed by atoms with Gasteiger partial charge in [-0.25, -0.2) is 13.2 Å². The predicted octanol–water partition coefficient (Wildman–Crippen LogP) is 3.22. The van der Waals surface area contributed by atoms with Crippen LogP contribution in [0.2, 0.25) is 0 Å². The van der Waals surface area contributed by atoms with Crippen LogP contribution in [0, 0.1) is 19.8 Å². The summed E-state index contributed by atoms with van der Waals surface area (Å²) in [6.45, 7) is 7.19. The monoisotopic (exact) mass is 605 g/mol. The Hall–Kier alpha value is -3.32. The fraction of sp³-hybridized carbons (Fsp3) is 0.621. The Bertz CT molecular complexity index is 1350. The number of carbonyl (C=O) groups is 2. The number of carbonyl (C=O) groups excluding carboxylic acids is 2. The molecular weight excluding hydrogens is 562 g/mol. The molecule has 3 atom stereocenters. The molecule has 1 aliphatic heterocycles. The van der Waals surface area contributed by atoms with Gasteiger partial charge >= 0.3 is 6.03 Å². The lowest BCUT2D eigenvalue weighted by Gasteiger charge is -2.34. The molecule has 13 heteroatoms. The van der Waals surface area contributed by atoms with Gasteiger partial charge in [0.15, 0.2) is 10.7 Å². The number of aliphatic hydroxyl groups excluding tert-OH is 1. The number of hydrogen-bond acceptors (Lipinski definition) is 8. The van der Waals surface area contributed by atoms with Crippen LogP contribution in [0.25, 0.3) is 0 Å². The van der Waals surface area contributed by atoms with Gasteiger partial charge in [-0.2, -0.15) is 0 Å². The van der Waals surface area contributed by atoms with E-state index in [-0.39, 0.29) is 65.5 Å². The number of aromatic nitrogens is 1. The molecule has 2 aliphatic rings. The number of hydrogen-bond donors (Lipinski definition) is 3. The first-order valence-electron chi connectivity index (χ1n) is 14.6. The molecule has 3 N–H and O–H groups in total. The van der Waals surface area contributed by atoms with Crippen molar-refractivity contribution in [3.8, 4) is 5.75 Å². The maximum Gasteiger partial charge on any atom is 0.317 e. The van der Waals surface area contributed by atoms with Crippen molar-refractivity contribution in [2.24, 2.45) is 5.92 Å². The van der Waals surface area contributed by atoms with Gasteiger partial charge in [-0.3, -0.25) is 9.52 Å². The first kappa shape index (κ1) is 31.6. The minimum Gasteiger partial charge on any atom is -0.488 e. The summed E-state index contributed by atoms with van der Waals surface area (Å²) < 4.78 is 40.3. The molecule has 1 fully saturated rings. The Morgan fingerprint density at radius 1 is 1.24 bits per heavy atom. The average Bonchev–Trinajstić information content (AvgIpc) is 3.31. The van der Waals surface area contributed by atoms with Crippen LogP contribution >= 0.6 is 0 Å². The lowest BCUT2D eigenvalue weighted by molar-refractivity contribution is -0.134. The summed E-state index contributed by atoms with van der Waals surface area (Å²) in [7, 11) is -2.28. The van der Waals surface area contributed by atoms with E-state index in [2.05, 4.69) is 15.2 Å². The topological polar surface area (TPSA) is 154 Å². The molecule has 0 spiro atoms. The summed E-state index contributed by atoms with van der Waals surface area (Å²) in [4.78, 5) is 29.7. The maximum absolute atomic E-state index is 13.5. The Kier molecular flexibility index (Phi) is 10.0. The molecular formula is C29H43N5O7S. The smallest absolute Gasteiger partial charge is 0.317 e. The molecule has 2 heterocycles. The lowest BCUT2D eigenvalue weighted by Crippen LogP contribution is -2.50. The number of aliphatic hydroxyl groups is 1. The van der Waals surface area contributed by atoms with Gasteiger partial charge in [-0.15, -0.1) is 0 Å². The van der Waals surface area contributed by atoms with Crippen LogP contribution in [0.5, 0.6) is 5.75 Å².